The molecular weight excluding hydrogens is 302 g/mol. The molecule has 0 bridgehead atoms. The van der Waals surface area contributed by atoms with Crippen molar-refractivity contribution in [1.82, 2.24) is 4.98 Å². The molecule has 0 radical (unpaired) electrons. The molecule has 1 heterocycles. The fourth-order valence-electron chi connectivity index (χ4n) is 2.45. The molecule has 0 saturated heterocycles. The quantitative estimate of drug-likeness (QED) is 0.581. The van der Waals surface area contributed by atoms with Gasteiger partial charge in [0.2, 0.25) is 5.75 Å². The third-order valence-electron chi connectivity index (χ3n) is 3.37. The molecule has 0 saturated carbocycles. The number of halogens is 1. The molecule has 1 aromatic heterocycles. The Kier molecular flexibility index (Phi) is 5.24. The number of pyridine rings is 1. The Morgan fingerprint density at radius 2 is 1.95 bits per heavy atom. The maximum atomic E-state index is 10.9. The highest BCUT2D eigenvalue weighted by molar-refractivity contribution is 6.35. The number of hydrogen-bond donors (Lipinski definition) is 0. The van der Waals surface area contributed by atoms with Crippen molar-refractivity contribution in [1.29, 1.82) is 0 Å². The Bertz CT molecular complexity index is 685. The van der Waals surface area contributed by atoms with Crippen LogP contribution >= 0.6 is 11.6 Å². The second-order valence-electron chi connectivity index (χ2n) is 5.87. The monoisotopic (exact) mass is 321 g/mol. The predicted octanol–water partition coefficient (Wildman–Crippen LogP) is 4.89. The van der Waals surface area contributed by atoms with Crippen molar-refractivity contribution in [2.45, 2.75) is 40.0 Å². The van der Waals surface area contributed by atoms with E-state index in [0.717, 1.165) is 17.5 Å². The van der Waals surface area contributed by atoms with Gasteiger partial charge in [-0.15, -0.1) is 0 Å². The van der Waals surface area contributed by atoms with Crippen molar-refractivity contribution >= 4 is 28.5 Å². The molecule has 0 spiro atoms. The molecule has 118 valence electrons. The molecule has 0 N–H and O–H groups in total. The minimum Gasteiger partial charge on any atom is -0.285 e. The molecule has 2 aromatic rings. The van der Waals surface area contributed by atoms with Crippen molar-refractivity contribution < 1.29 is 14.6 Å². The fraction of sp³-hybridized carbons (Fsp3) is 0.412. The van der Waals surface area contributed by atoms with Gasteiger partial charge in [-0.3, -0.25) is 9.78 Å². The maximum Gasteiger partial charge on any atom is 0.352 e. The minimum atomic E-state index is -0.521. The minimum absolute atomic E-state index is 0.324. The van der Waals surface area contributed by atoms with Crippen molar-refractivity contribution in [3.8, 4) is 5.75 Å². The van der Waals surface area contributed by atoms with Crippen LogP contribution in [0.2, 0.25) is 5.02 Å². The summed E-state index contributed by atoms with van der Waals surface area (Å²) in [6.07, 6.45) is 1.04. The lowest BCUT2D eigenvalue weighted by molar-refractivity contribution is -0.210. The van der Waals surface area contributed by atoms with Gasteiger partial charge in [0.15, 0.2) is 0 Å². The van der Waals surface area contributed by atoms with Gasteiger partial charge >= 0.3 is 5.97 Å². The van der Waals surface area contributed by atoms with E-state index in [-0.39, 0.29) is 0 Å². The summed E-state index contributed by atoms with van der Waals surface area (Å²) in [7, 11) is 0. The number of nitrogens with zero attached hydrogens (tertiary/aromatic N) is 1. The largest absolute Gasteiger partial charge is 0.352 e. The molecule has 1 unspecified atom stereocenters. The Morgan fingerprint density at radius 1 is 1.23 bits per heavy atom. The zero-order valence-electron chi connectivity index (χ0n) is 13.2. The highest BCUT2D eigenvalue weighted by Crippen LogP contribution is 2.32. The summed E-state index contributed by atoms with van der Waals surface area (Å²) in [6.45, 7) is 7.79. The third-order valence-corrected chi connectivity index (χ3v) is 3.70. The van der Waals surface area contributed by atoms with E-state index in [0.29, 0.717) is 28.1 Å². The molecule has 4 nitrogen and oxygen atoms in total. The van der Waals surface area contributed by atoms with E-state index in [1.807, 2.05) is 12.1 Å². The van der Waals surface area contributed by atoms with Gasteiger partial charge in [0, 0.05) is 18.0 Å². The average Bonchev–Trinajstić information content (AvgIpc) is 2.45. The van der Waals surface area contributed by atoms with E-state index >= 15 is 0 Å². The van der Waals surface area contributed by atoms with Gasteiger partial charge in [0.25, 0.3) is 0 Å². The zero-order valence-corrected chi connectivity index (χ0v) is 14.0. The summed E-state index contributed by atoms with van der Waals surface area (Å²) in [4.78, 5) is 25.3. The summed E-state index contributed by atoms with van der Waals surface area (Å²) in [5.74, 6) is 0.772. The fourth-order valence-corrected chi connectivity index (χ4v) is 2.66. The van der Waals surface area contributed by atoms with E-state index in [1.54, 1.807) is 12.1 Å². The number of carbonyl (C=O) groups is 1. The van der Waals surface area contributed by atoms with Crippen molar-refractivity contribution in [2.75, 3.05) is 0 Å². The van der Waals surface area contributed by atoms with Crippen LogP contribution in [-0.2, 0) is 9.68 Å². The molecule has 1 aromatic carbocycles. The second-order valence-corrected chi connectivity index (χ2v) is 6.27. The number of aromatic nitrogens is 1. The first-order valence-corrected chi connectivity index (χ1v) is 7.70. The van der Waals surface area contributed by atoms with Gasteiger partial charge in [-0.05, 0) is 42.5 Å². The number of hydrogen-bond acceptors (Lipinski definition) is 4. The Morgan fingerprint density at radius 3 is 2.59 bits per heavy atom. The summed E-state index contributed by atoms with van der Waals surface area (Å²) in [6, 6.07) is 7.26. The normalized spacial score (nSPS) is 12.5. The highest BCUT2D eigenvalue weighted by atomic mass is 35.5. The van der Waals surface area contributed by atoms with E-state index in [4.69, 9.17) is 16.5 Å². The maximum absolute atomic E-state index is 10.9. The van der Waals surface area contributed by atoms with Gasteiger partial charge in [-0.25, -0.2) is 9.78 Å². The number of rotatable bonds is 5. The van der Waals surface area contributed by atoms with Crippen molar-refractivity contribution in [2.24, 2.45) is 5.92 Å². The van der Waals surface area contributed by atoms with Gasteiger partial charge in [0.1, 0.15) is 5.52 Å². The molecule has 0 amide bonds. The molecule has 1 atom stereocenters. The summed E-state index contributed by atoms with van der Waals surface area (Å²) >= 11 is 6.20. The first kappa shape index (κ1) is 16.6. The first-order valence-electron chi connectivity index (χ1n) is 7.32. The molecular formula is C17H20ClNO3. The molecule has 0 aliphatic rings. The van der Waals surface area contributed by atoms with E-state index in [9.17, 15) is 4.79 Å². The van der Waals surface area contributed by atoms with E-state index in [2.05, 4.69) is 30.6 Å². The van der Waals surface area contributed by atoms with Crippen LogP contribution in [0.5, 0.6) is 5.75 Å². The SMILES string of the molecule is CC(=O)OOc1ccc(Cl)c2ccc(C(C)CC(C)C)nc12. The van der Waals surface area contributed by atoms with Crippen LogP contribution in [0.25, 0.3) is 10.9 Å². The molecule has 5 heteroatoms. The second kappa shape index (κ2) is 6.97. The molecule has 22 heavy (non-hydrogen) atoms. The molecule has 0 aliphatic heterocycles. The number of fused-ring (bicyclic) bond motifs is 1. The van der Waals surface area contributed by atoms with Crippen LogP contribution in [0.1, 0.15) is 45.7 Å². The average molecular weight is 322 g/mol. The van der Waals surface area contributed by atoms with Crippen LogP contribution in [0.15, 0.2) is 24.3 Å². The van der Waals surface area contributed by atoms with Crippen LogP contribution in [0.3, 0.4) is 0 Å². The Labute approximate surface area is 135 Å². The summed E-state index contributed by atoms with van der Waals surface area (Å²) < 4.78 is 0. The standard InChI is InChI=1S/C17H20ClNO3/c1-10(2)9-11(3)15-7-5-13-14(18)6-8-16(17(13)19-15)22-21-12(4)20/h5-8,10-11H,9H2,1-4H3. The zero-order chi connectivity index (χ0) is 16.3. The number of benzene rings is 1. The number of carbonyl (C=O) groups excluding carboxylic acids is 1. The van der Waals surface area contributed by atoms with Gasteiger partial charge in [-0.1, -0.05) is 32.4 Å². The first-order chi connectivity index (χ1) is 10.4. The lowest BCUT2D eigenvalue weighted by Crippen LogP contribution is -2.05. The van der Waals surface area contributed by atoms with Crippen molar-refractivity contribution in [3.63, 3.8) is 0 Å². The Hall–Kier alpha value is -1.81. The van der Waals surface area contributed by atoms with E-state index < -0.39 is 5.97 Å². The lowest BCUT2D eigenvalue weighted by atomic mass is 9.95. The topological polar surface area (TPSA) is 48.4 Å². The molecule has 0 aliphatic carbocycles. The summed E-state index contributed by atoms with van der Waals surface area (Å²) in [5.41, 5.74) is 1.57. The predicted molar refractivity (Wildman–Crippen MR) is 87.0 cm³/mol. The molecule has 0 fully saturated rings. The van der Waals surface area contributed by atoms with Crippen LogP contribution in [-0.4, -0.2) is 11.0 Å². The van der Waals surface area contributed by atoms with E-state index in [1.165, 1.54) is 6.92 Å². The van der Waals surface area contributed by atoms with Gasteiger partial charge < -0.3 is 0 Å². The summed E-state index contributed by atoms with van der Waals surface area (Å²) in [5, 5.41) is 1.35. The Balaban J connectivity index is 2.43. The van der Waals surface area contributed by atoms with Gasteiger partial charge in [-0.2, -0.15) is 0 Å². The lowest BCUT2D eigenvalue weighted by Gasteiger charge is -2.15. The van der Waals surface area contributed by atoms with Crippen LogP contribution in [0, 0.1) is 5.92 Å². The van der Waals surface area contributed by atoms with Gasteiger partial charge in [0.05, 0.1) is 5.02 Å². The van der Waals surface area contributed by atoms with Crippen LogP contribution < -0.4 is 4.89 Å². The smallest absolute Gasteiger partial charge is 0.285 e. The molecule has 2 rings (SSSR count). The highest BCUT2D eigenvalue weighted by Gasteiger charge is 2.14. The third kappa shape index (κ3) is 3.89. The van der Waals surface area contributed by atoms with Crippen molar-refractivity contribution in [3.05, 3.63) is 35.0 Å². The van der Waals surface area contributed by atoms with Crippen LogP contribution in [0.4, 0.5) is 0 Å².